The first-order valence-electron chi connectivity index (χ1n) is 8.73. The summed E-state index contributed by atoms with van der Waals surface area (Å²) in [6, 6.07) is 0. The Hall–Kier alpha value is -0.520. The van der Waals surface area contributed by atoms with Crippen molar-refractivity contribution in [3.05, 3.63) is 0 Å². The summed E-state index contributed by atoms with van der Waals surface area (Å²) in [5.41, 5.74) is 0. The highest BCUT2D eigenvalue weighted by Crippen LogP contribution is 2.08. The Balaban J connectivity index is 4.18. The molecule has 0 fully saturated rings. The van der Waals surface area contributed by atoms with Crippen LogP contribution in [0.2, 0.25) is 0 Å². The third-order valence-electron chi connectivity index (χ3n) is 5.57. The van der Waals surface area contributed by atoms with Crippen LogP contribution in [0.15, 0.2) is 0 Å². The van der Waals surface area contributed by atoms with Gasteiger partial charge < -0.3 is 8.97 Å². The summed E-state index contributed by atoms with van der Waals surface area (Å²) in [5, 5.41) is 0. The maximum atomic E-state index is 3.41. The van der Waals surface area contributed by atoms with Crippen LogP contribution < -0.4 is 0 Å². The van der Waals surface area contributed by atoms with Gasteiger partial charge in [0.25, 0.3) is 0 Å². The Kier molecular flexibility index (Phi) is 9.98. The number of rotatable bonds is 10. The second-order valence-electron chi connectivity index (χ2n) is 5.88. The van der Waals surface area contributed by atoms with E-state index in [1.165, 1.54) is 61.3 Å². The van der Waals surface area contributed by atoms with Gasteiger partial charge in [-0.05, 0) is 41.5 Å². The van der Waals surface area contributed by atoms with Crippen LogP contribution >= 0.6 is 0 Å². The summed E-state index contributed by atoms with van der Waals surface area (Å²) >= 11 is 0. The van der Waals surface area contributed by atoms with E-state index in [1.807, 2.05) is 0 Å². The normalized spacial score (nSPS) is 12.1. The molecule has 20 heavy (non-hydrogen) atoms. The Morgan fingerprint density at radius 1 is 0.500 bits per heavy atom. The molecule has 118 valence electrons. The number of nitrogens with zero attached hydrogens (tertiary/aromatic N) is 2. The fourth-order valence-electron chi connectivity index (χ4n) is 3.05. The van der Waals surface area contributed by atoms with Crippen molar-refractivity contribution in [3.8, 4) is 11.8 Å². The average Bonchev–Trinajstić information content (AvgIpc) is 2.52. The molecule has 0 heterocycles. The molecule has 0 amide bonds. The van der Waals surface area contributed by atoms with Crippen LogP contribution in [0.4, 0.5) is 0 Å². The first kappa shape index (κ1) is 19.5. The van der Waals surface area contributed by atoms with Gasteiger partial charge in [0.05, 0.1) is 65.2 Å². The van der Waals surface area contributed by atoms with E-state index in [2.05, 4.69) is 53.4 Å². The van der Waals surface area contributed by atoms with Gasteiger partial charge in [-0.2, -0.15) is 0 Å². The fraction of sp³-hybridized carbons (Fsp3) is 0.889. The molecule has 0 rings (SSSR count). The first-order valence-corrected chi connectivity index (χ1v) is 8.73. The van der Waals surface area contributed by atoms with Crippen molar-refractivity contribution in [2.45, 2.75) is 54.4 Å². The summed E-state index contributed by atoms with van der Waals surface area (Å²) in [5.74, 6) is 6.83. The van der Waals surface area contributed by atoms with Crippen molar-refractivity contribution in [1.82, 2.24) is 0 Å². The molecule has 0 aromatic rings. The largest absolute Gasteiger partial charge is 0.324 e. The van der Waals surface area contributed by atoms with Gasteiger partial charge in [-0.1, -0.05) is 11.8 Å². The third-order valence-corrected chi connectivity index (χ3v) is 5.57. The van der Waals surface area contributed by atoms with Crippen molar-refractivity contribution in [2.24, 2.45) is 0 Å². The minimum atomic E-state index is 1.06. The first-order chi connectivity index (χ1) is 9.57. The van der Waals surface area contributed by atoms with Crippen LogP contribution in [0.3, 0.4) is 0 Å². The van der Waals surface area contributed by atoms with E-state index in [9.17, 15) is 0 Å². The van der Waals surface area contributed by atoms with Crippen LogP contribution in [0.25, 0.3) is 0 Å². The monoisotopic (exact) mass is 282 g/mol. The van der Waals surface area contributed by atoms with Gasteiger partial charge in [-0.25, -0.2) is 0 Å². The smallest absolute Gasteiger partial charge is 0.0897 e. The minimum Gasteiger partial charge on any atom is -0.324 e. The van der Waals surface area contributed by atoms with E-state index in [0.29, 0.717) is 0 Å². The van der Waals surface area contributed by atoms with Crippen LogP contribution in [0.5, 0.6) is 0 Å². The molecule has 0 spiro atoms. The van der Waals surface area contributed by atoms with Crippen molar-refractivity contribution < 1.29 is 8.97 Å². The van der Waals surface area contributed by atoms with Crippen LogP contribution in [0.1, 0.15) is 54.4 Å². The van der Waals surface area contributed by atoms with E-state index >= 15 is 0 Å². The zero-order valence-electron chi connectivity index (χ0n) is 15.0. The van der Waals surface area contributed by atoms with E-state index in [1.54, 1.807) is 0 Å². The lowest BCUT2D eigenvalue weighted by Gasteiger charge is -2.35. The molecule has 0 aliphatic carbocycles. The Labute approximate surface area is 128 Å². The molecular formula is C18H38N2+2. The summed E-state index contributed by atoms with van der Waals surface area (Å²) in [7, 11) is 0. The molecule has 0 N–H and O–H groups in total. The van der Waals surface area contributed by atoms with Crippen molar-refractivity contribution >= 4 is 0 Å². The Morgan fingerprint density at radius 3 is 0.950 bits per heavy atom. The molecule has 2 nitrogen and oxygen atoms in total. The minimum absolute atomic E-state index is 1.06. The Morgan fingerprint density at radius 2 is 0.750 bits per heavy atom. The molecular weight excluding hydrogens is 244 g/mol. The molecule has 0 aliphatic rings. The molecule has 0 unspecified atom stereocenters. The second kappa shape index (κ2) is 10.2. The molecule has 0 aliphatic heterocycles. The summed E-state index contributed by atoms with van der Waals surface area (Å²) in [6.45, 7) is 23.6. The highest BCUT2D eigenvalue weighted by molar-refractivity contribution is 4.98. The lowest BCUT2D eigenvalue weighted by molar-refractivity contribution is -0.922. The lowest BCUT2D eigenvalue weighted by atomic mass is 10.2. The molecule has 0 aromatic heterocycles. The molecule has 0 saturated heterocycles. The van der Waals surface area contributed by atoms with E-state index < -0.39 is 0 Å². The molecule has 0 aromatic carbocycles. The Bertz CT molecular complexity index is 246. The number of hydrogen-bond acceptors (Lipinski definition) is 0. The van der Waals surface area contributed by atoms with Crippen molar-refractivity contribution in [2.75, 3.05) is 52.4 Å². The van der Waals surface area contributed by atoms with E-state index in [4.69, 9.17) is 0 Å². The third kappa shape index (κ3) is 5.85. The van der Waals surface area contributed by atoms with Crippen LogP contribution in [0, 0.1) is 11.8 Å². The lowest BCUT2D eigenvalue weighted by Crippen LogP contribution is -2.48. The van der Waals surface area contributed by atoms with E-state index in [-0.39, 0.29) is 0 Å². The van der Waals surface area contributed by atoms with Gasteiger partial charge in [0.15, 0.2) is 0 Å². The van der Waals surface area contributed by atoms with Gasteiger partial charge >= 0.3 is 0 Å². The van der Waals surface area contributed by atoms with Gasteiger partial charge in [-0.3, -0.25) is 0 Å². The van der Waals surface area contributed by atoms with Gasteiger partial charge in [0.1, 0.15) is 0 Å². The van der Waals surface area contributed by atoms with Gasteiger partial charge in [-0.15, -0.1) is 0 Å². The topological polar surface area (TPSA) is 0 Å². The summed E-state index contributed by atoms with van der Waals surface area (Å²) < 4.78 is 2.43. The SMILES string of the molecule is CC[N+](CC)(CC)CCC#CCC[N+](CC)(CC)CC. The zero-order valence-corrected chi connectivity index (χ0v) is 15.0. The highest BCUT2D eigenvalue weighted by atomic mass is 15.3. The zero-order chi connectivity index (χ0) is 15.5. The molecule has 0 atom stereocenters. The molecule has 0 bridgehead atoms. The quantitative estimate of drug-likeness (QED) is 0.425. The maximum absolute atomic E-state index is 3.41. The second-order valence-corrected chi connectivity index (χ2v) is 5.88. The maximum Gasteiger partial charge on any atom is 0.0897 e. The predicted molar refractivity (Wildman–Crippen MR) is 90.5 cm³/mol. The molecule has 0 saturated carbocycles. The molecule has 2 heteroatoms. The average molecular weight is 283 g/mol. The number of hydrogen-bond donors (Lipinski definition) is 0. The number of quaternary nitrogens is 2. The predicted octanol–water partition coefficient (Wildman–Crippen LogP) is 3.52. The fourth-order valence-corrected chi connectivity index (χ4v) is 3.05. The van der Waals surface area contributed by atoms with Crippen LogP contribution in [-0.2, 0) is 0 Å². The van der Waals surface area contributed by atoms with Gasteiger partial charge in [0.2, 0.25) is 0 Å². The standard InChI is InChI=1S/C18H38N2/c1-7-19(8-2,9-3)17-15-13-14-16-18-20(10-4,11-5)12-6/h7-12,15-18H2,1-6H3/q+2. The van der Waals surface area contributed by atoms with Crippen LogP contribution in [-0.4, -0.2) is 61.3 Å². The summed E-state index contributed by atoms with van der Waals surface area (Å²) in [6.07, 6.45) is 2.11. The highest BCUT2D eigenvalue weighted by Gasteiger charge is 2.20. The van der Waals surface area contributed by atoms with Crippen molar-refractivity contribution in [3.63, 3.8) is 0 Å². The van der Waals surface area contributed by atoms with Gasteiger partial charge in [0, 0.05) is 0 Å². The van der Waals surface area contributed by atoms with E-state index in [0.717, 1.165) is 12.8 Å². The molecule has 0 radical (unpaired) electrons. The summed E-state index contributed by atoms with van der Waals surface area (Å²) in [4.78, 5) is 0. The van der Waals surface area contributed by atoms with Crippen molar-refractivity contribution in [1.29, 1.82) is 0 Å².